The fourth-order valence-corrected chi connectivity index (χ4v) is 4.12. The minimum atomic E-state index is -3.39. The van der Waals surface area contributed by atoms with Crippen LogP contribution in [0.1, 0.15) is 25.0 Å². The molecular formula is C21H21F2N5O3S. The molecule has 0 aliphatic heterocycles. The second-order valence-corrected chi connectivity index (χ2v) is 9.31. The van der Waals surface area contributed by atoms with E-state index in [0.717, 1.165) is 25.5 Å². The van der Waals surface area contributed by atoms with E-state index in [2.05, 4.69) is 30.0 Å². The SMILES string of the molecule is CS(=O)(=O)Nc1cccc(-c2ccc(NC3(c4cccc(OC(F)F)n4)CCC3)nn2)c1. The smallest absolute Gasteiger partial charge is 0.388 e. The van der Waals surface area contributed by atoms with Gasteiger partial charge in [0.05, 0.1) is 23.2 Å². The number of benzene rings is 1. The van der Waals surface area contributed by atoms with Crippen LogP contribution in [-0.2, 0) is 15.6 Å². The summed E-state index contributed by atoms with van der Waals surface area (Å²) in [5.41, 5.74) is 1.78. The second kappa shape index (κ2) is 8.65. The van der Waals surface area contributed by atoms with Gasteiger partial charge in [-0.15, -0.1) is 10.2 Å². The first-order chi connectivity index (χ1) is 15.2. The minimum Gasteiger partial charge on any atom is -0.417 e. The van der Waals surface area contributed by atoms with Crippen LogP contribution >= 0.6 is 0 Å². The third-order valence-corrected chi connectivity index (χ3v) is 5.73. The summed E-state index contributed by atoms with van der Waals surface area (Å²) in [7, 11) is -3.39. The summed E-state index contributed by atoms with van der Waals surface area (Å²) in [5.74, 6) is 0.385. The monoisotopic (exact) mass is 461 g/mol. The van der Waals surface area contributed by atoms with Crippen molar-refractivity contribution in [2.45, 2.75) is 31.4 Å². The molecule has 2 heterocycles. The van der Waals surface area contributed by atoms with Crippen molar-refractivity contribution in [3.8, 4) is 17.1 Å². The highest BCUT2D eigenvalue weighted by atomic mass is 32.2. The molecule has 3 aromatic rings. The molecule has 0 saturated heterocycles. The van der Waals surface area contributed by atoms with Gasteiger partial charge < -0.3 is 10.1 Å². The Kier molecular flexibility index (Phi) is 5.92. The van der Waals surface area contributed by atoms with Gasteiger partial charge in [-0.05, 0) is 49.6 Å². The fourth-order valence-electron chi connectivity index (χ4n) is 3.57. The standard InChI is InChI=1S/C21H21F2N5O3S/c1-32(29,30)28-15-6-2-5-14(13-15)16-9-10-18(27-26-16)25-21(11-4-12-21)17-7-3-8-19(24-17)31-20(22)23/h2-3,5-10,13,20,28H,4,11-12H2,1H3,(H,25,27). The van der Waals surface area contributed by atoms with Crippen LogP contribution in [0.3, 0.4) is 0 Å². The lowest BCUT2D eigenvalue weighted by Gasteiger charge is -2.42. The van der Waals surface area contributed by atoms with Crippen molar-refractivity contribution >= 4 is 21.5 Å². The molecule has 0 spiro atoms. The van der Waals surface area contributed by atoms with Crippen LogP contribution in [0.25, 0.3) is 11.3 Å². The van der Waals surface area contributed by atoms with Gasteiger partial charge in [-0.3, -0.25) is 4.72 Å². The highest BCUT2D eigenvalue weighted by Crippen LogP contribution is 2.43. The van der Waals surface area contributed by atoms with Gasteiger partial charge >= 0.3 is 6.61 Å². The number of aromatic nitrogens is 3. The van der Waals surface area contributed by atoms with Crippen molar-refractivity contribution in [2.24, 2.45) is 0 Å². The predicted octanol–water partition coefficient (Wildman–Crippen LogP) is 4.00. The summed E-state index contributed by atoms with van der Waals surface area (Å²) in [6.07, 6.45) is 3.57. The van der Waals surface area contributed by atoms with Crippen molar-refractivity contribution in [1.82, 2.24) is 15.2 Å². The number of alkyl halides is 2. The Morgan fingerprint density at radius 3 is 2.47 bits per heavy atom. The van der Waals surface area contributed by atoms with Gasteiger partial charge in [0, 0.05) is 17.3 Å². The molecule has 1 aliphatic carbocycles. The number of nitrogens with one attached hydrogen (secondary N) is 2. The molecule has 2 N–H and O–H groups in total. The quantitative estimate of drug-likeness (QED) is 0.522. The van der Waals surface area contributed by atoms with E-state index in [1.54, 1.807) is 48.5 Å². The van der Waals surface area contributed by atoms with E-state index >= 15 is 0 Å². The third kappa shape index (κ3) is 5.10. The van der Waals surface area contributed by atoms with E-state index in [9.17, 15) is 17.2 Å². The lowest BCUT2D eigenvalue weighted by Crippen LogP contribution is -2.43. The molecule has 1 saturated carbocycles. The summed E-state index contributed by atoms with van der Waals surface area (Å²) in [6, 6.07) is 15.2. The lowest BCUT2D eigenvalue weighted by atomic mass is 9.74. The zero-order valence-electron chi connectivity index (χ0n) is 17.1. The van der Waals surface area contributed by atoms with Crippen LogP contribution in [0.15, 0.2) is 54.6 Å². The molecule has 32 heavy (non-hydrogen) atoms. The first kappa shape index (κ1) is 21.9. The first-order valence-electron chi connectivity index (χ1n) is 9.85. The number of rotatable bonds is 8. The van der Waals surface area contributed by atoms with E-state index in [1.807, 2.05) is 0 Å². The Labute approximate surface area is 184 Å². The number of hydrogen-bond acceptors (Lipinski definition) is 7. The normalized spacial score (nSPS) is 15.1. The topological polar surface area (TPSA) is 106 Å². The molecule has 2 aromatic heterocycles. The number of hydrogen-bond donors (Lipinski definition) is 2. The Balaban J connectivity index is 1.53. The lowest BCUT2D eigenvalue weighted by molar-refractivity contribution is -0.0531. The van der Waals surface area contributed by atoms with Gasteiger partial charge in [-0.2, -0.15) is 8.78 Å². The summed E-state index contributed by atoms with van der Waals surface area (Å²) in [4.78, 5) is 4.24. The summed E-state index contributed by atoms with van der Waals surface area (Å²) in [5, 5.41) is 11.8. The highest BCUT2D eigenvalue weighted by molar-refractivity contribution is 7.92. The van der Waals surface area contributed by atoms with Crippen LogP contribution in [0.2, 0.25) is 0 Å². The summed E-state index contributed by atoms with van der Waals surface area (Å²) < 4.78 is 54.9. The molecule has 8 nitrogen and oxygen atoms in total. The average Bonchev–Trinajstić information content (AvgIpc) is 2.70. The number of anilines is 2. The third-order valence-electron chi connectivity index (χ3n) is 5.12. The van der Waals surface area contributed by atoms with Gasteiger partial charge in [-0.1, -0.05) is 18.2 Å². The molecule has 1 aliphatic rings. The van der Waals surface area contributed by atoms with E-state index in [1.165, 1.54) is 6.07 Å². The maximum absolute atomic E-state index is 12.5. The highest BCUT2D eigenvalue weighted by Gasteiger charge is 2.40. The van der Waals surface area contributed by atoms with Gasteiger partial charge in [0.2, 0.25) is 15.9 Å². The van der Waals surface area contributed by atoms with Crippen LogP contribution < -0.4 is 14.8 Å². The average molecular weight is 461 g/mol. The maximum atomic E-state index is 12.5. The van der Waals surface area contributed by atoms with Gasteiger partial charge in [0.15, 0.2) is 0 Å². The molecule has 4 rings (SSSR count). The molecule has 168 valence electrons. The number of halogens is 2. The van der Waals surface area contributed by atoms with Crippen LogP contribution in [0.4, 0.5) is 20.3 Å². The molecule has 0 radical (unpaired) electrons. The molecule has 0 bridgehead atoms. The summed E-state index contributed by atoms with van der Waals surface area (Å²) in [6.45, 7) is -2.94. The molecule has 0 unspecified atom stereocenters. The van der Waals surface area contributed by atoms with Crippen molar-refractivity contribution in [3.05, 3.63) is 60.3 Å². The first-order valence-corrected chi connectivity index (χ1v) is 11.7. The van der Waals surface area contributed by atoms with Crippen molar-refractivity contribution < 1.29 is 21.9 Å². The van der Waals surface area contributed by atoms with E-state index < -0.39 is 22.2 Å². The molecule has 1 fully saturated rings. The van der Waals surface area contributed by atoms with E-state index in [-0.39, 0.29) is 5.88 Å². The zero-order valence-corrected chi connectivity index (χ0v) is 17.9. The Morgan fingerprint density at radius 1 is 1.06 bits per heavy atom. The van der Waals surface area contributed by atoms with Crippen LogP contribution in [0.5, 0.6) is 5.88 Å². The minimum absolute atomic E-state index is 0.130. The second-order valence-electron chi connectivity index (χ2n) is 7.56. The Bertz CT molecular complexity index is 1200. The van der Waals surface area contributed by atoms with Gasteiger partial charge in [0.1, 0.15) is 5.82 Å². The molecule has 1 aromatic carbocycles. The van der Waals surface area contributed by atoms with Crippen molar-refractivity contribution in [1.29, 1.82) is 0 Å². The van der Waals surface area contributed by atoms with Gasteiger partial charge in [0.25, 0.3) is 0 Å². The molecule has 0 amide bonds. The molecule has 0 atom stereocenters. The Morgan fingerprint density at radius 2 is 1.84 bits per heavy atom. The van der Waals surface area contributed by atoms with Crippen LogP contribution in [-0.4, -0.2) is 36.5 Å². The largest absolute Gasteiger partial charge is 0.417 e. The zero-order chi connectivity index (χ0) is 22.8. The number of pyridine rings is 1. The number of nitrogens with zero attached hydrogens (tertiary/aromatic N) is 3. The Hall–Kier alpha value is -3.34. The maximum Gasteiger partial charge on any atom is 0.388 e. The number of sulfonamides is 1. The predicted molar refractivity (Wildman–Crippen MR) is 116 cm³/mol. The van der Waals surface area contributed by atoms with Crippen molar-refractivity contribution in [2.75, 3.05) is 16.3 Å². The molecule has 11 heteroatoms. The molecular weight excluding hydrogens is 440 g/mol. The van der Waals surface area contributed by atoms with Gasteiger partial charge in [-0.25, -0.2) is 13.4 Å². The van der Waals surface area contributed by atoms with E-state index in [4.69, 9.17) is 0 Å². The van der Waals surface area contributed by atoms with Crippen molar-refractivity contribution in [3.63, 3.8) is 0 Å². The number of ether oxygens (including phenoxy) is 1. The van der Waals surface area contributed by atoms with E-state index in [0.29, 0.717) is 28.5 Å². The fraction of sp³-hybridized carbons (Fsp3) is 0.286. The van der Waals surface area contributed by atoms with Crippen LogP contribution in [0, 0.1) is 0 Å². The summed E-state index contributed by atoms with van der Waals surface area (Å²) >= 11 is 0.